The third-order valence-electron chi connectivity index (χ3n) is 2.63. The molecule has 20 heavy (non-hydrogen) atoms. The minimum absolute atomic E-state index is 0.0552. The predicted molar refractivity (Wildman–Crippen MR) is 77.9 cm³/mol. The highest BCUT2D eigenvalue weighted by Gasteiger charge is 2.29. The van der Waals surface area contributed by atoms with Crippen LogP contribution in [0.4, 0.5) is 0 Å². The number of hydrogen-bond acceptors (Lipinski definition) is 5. The van der Waals surface area contributed by atoms with E-state index in [-0.39, 0.29) is 17.5 Å². The molecular formula is C13H13N3O3S. The summed E-state index contributed by atoms with van der Waals surface area (Å²) in [4.78, 5) is 22.3. The minimum atomic E-state index is -1.03. The monoisotopic (exact) mass is 291 g/mol. The first-order valence-electron chi connectivity index (χ1n) is 5.93. The molecule has 1 aliphatic heterocycles. The van der Waals surface area contributed by atoms with Gasteiger partial charge in [0.1, 0.15) is 5.25 Å². The number of carboxylic acid groups (broad SMARTS) is 1. The van der Waals surface area contributed by atoms with E-state index in [1.165, 1.54) is 0 Å². The summed E-state index contributed by atoms with van der Waals surface area (Å²) in [5.74, 6) is -1.39. The zero-order valence-electron chi connectivity index (χ0n) is 10.7. The average molecular weight is 291 g/mol. The Hall–Kier alpha value is -2.15. The highest BCUT2D eigenvalue weighted by Crippen LogP contribution is 2.20. The fourth-order valence-electron chi connectivity index (χ4n) is 1.59. The topological polar surface area (TPSA) is 91.1 Å². The van der Waals surface area contributed by atoms with Crippen LogP contribution in [0, 0.1) is 0 Å². The van der Waals surface area contributed by atoms with Crippen molar-refractivity contribution in [3.05, 3.63) is 35.9 Å². The number of nitrogens with zero attached hydrogens (tertiary/aromatic N) is 2. The molecule has 0 aromatic heterocycles. The van der Waals surface area contributed by atoms with Crippen molar-refractivity contribution in [2.24, 2.45) is 10.2 Å². The summed E-state index contributed by atoms with van der Waals surface area (Å²) in [6.45, 7) is 1.80. The van der Waals surface area contributed by atoms with Crippen LogP contribution in [-0.4, -0.2) is 33.1 Å². The van der Waals surface area contributed by atoms with E-state index in [4.69, 9.17) is 5.11 Å². The molecule has 0 radical (unpaired) electrons. The van der Waals surface area contributed by atoms with E-state index in [1.807, 2.05) is 30.3 Å². The number of hydrogen-bond donors (Lipinski definition) is 2. The second kappa shape index (κ2) is 6.33. The summed E-state index contributed by atoms with van der Waals surface area (Å²) in [6, 6.07) is 9.47. The molecule has 1 aromatic rings. The van der Waals surface area contributed by atoms with Gasteiger partial charge in [-0.1, -0.05) is 42.1 Å². The number of amides is 1. The van der Waals surface area contributed by atoms with Gasteiger partial charge in [0, 0.05) is 6.42 Å². The van der Waals surface area contributed by atoms with Gasteiger partial charge in [-0.15, -0.1) is 5.10 Å². The van der Waals surface area contributed by atoms with E-state index in [1.54, 1.807) is 6.92 Å². The highest BCUT2D eigenvalue weighted by atomic mass is 32.2. The quantitative estimate of drug-likeness (QED) is 0.651. The second-order valence-electron chi connectivity index (χ2n) is 4.15. The number of thioether (sulfide) groups is 1. The van der Waals surface area contributed by atoms with E-state index in [0.717, 1.165) is 17.3 Å². The Balaban J connectivity index is 2.14. The normalized spacial score (nSPS) is 21.6. The number of amidine groups is 1. The van der Waals surface area contributed by atoms with Gasteiger partial charge in [0.25, 0.3) is 0 Å². The van der Waals surface area contributed by atoms with Crippen LogP contribution >= 0.6 is 11.8 Å². The third kappa shape index (κ3) is 3.67. The first kappa shape index (κ1) is 14.3. The van der Waals surface area contributed by atoms with Gasteiger partial charge in [0.2, 0.25) is 5.91 Å². The van der Waals surface area contributed by atoms with Crippen LogP contribution < -0.4 is 5.32 Å². The lowest BCUT2D eigenvalue weighted by Gasteiger charge is -2.18. The molecule has 6 nitrogen and oxygen atoms in total. The molecule has 1 heterocycles. The standard InChI is InChI=1S/C13H13N3O3S/c1-8(9-5-3-2-4-6-9)15-16-13-14-11(17)7-10(20-13)12(18)19/h2-6,10H,7H2,1H3,(H,18,19)(H,14,16,17)/t10-/m1/s1. The van der Waals surface area contributed by atoms with Crippen LogP contribution in [0.5, 0.6) is 0 Å². The molecule has 1 aromatic carbocycles. The molecule has 1 atom stereocenters. The number of nitrogens with one attached hydrogen (secondary N) is 1. The Bertz CT molecular complexity index is 584. The molecule has 2 N–H and O–H groups in total. The Morgan fingerprint density at radius 2 is 2.10 bits per heavy atom. The molecule has 0 spiro atoms. The third-order valence-corrected chi connectivity index (χ3v) is 3.69. The molecule has 1 amide bonds. The smallest absolute Gasteiger partial charge is 0.317 e. The first-order chi connectivity index (χ1) is 9.56. The van der Waals surface area contributed by atoms with Crippen molar-refractivity contribution >= 4 is 34.5 Å². The van der Waals surface area contributed by atoms with Crippen molar-refractivity contribution in [2.45, 2.75) is 18.6 Å². The maximum absolute atomic E-state index is 11.4. The van der Waals surface area contributed by atoms with Crippen molar-refractivity contribution in [1.29, 1.82) is 0 Å². The highest BCUT2D eigenvalue weighted by molar-refractivity contribution is 8.15. The maximum Gasteiger partial charge on any atom is 0.317 e. The molecule has 1 fully saturated rings. The molecule has 0 saturated carbocycles. The van der Waals surface area contributed by atoms with Crippen LogP contribution in [-0.2, 0) is 9.59 Å². The summed E-state index contributed by atoms with van der Waals surface area (Å²) in [7, 11) is 0. The lowest BCUT2D eigenvalue weighted by Crippen LogP contribution is -2.40. The Morgan fingerprint density at radius 3 is 2.75 bits per heavy atom. The molecule has 7 heteroatoms. The zero-order chi connectivity index (χ0) is 14.5. The number of benzene rings is 1. The van der Waals surface area contributed by atoms with Gasteiger partial charge in [-0.05, 0) is 12.5 Å². The fourth-order valence-corrected chi connectivity index (χ4v) is 2.45. The Kier molecular flexibility index (Phi) is 4.52. The summed E-state index contributed by atoms with van der Waals surface area (Å²) >= 11 is 0.992. The first-order valence-corrected chi connectivity index (χ1v) is 6.81. The number of carbonyl (C=O) groups excluding carboxylic acids is 1. The van der Waals surface area contributed by atoms with Crippen LogP contribution in [0.3, 0.4) is 0 Å². The van der Waals surface area contributed by atoms with E-state index < -0.39 is 11.2 Å². The van der Waals surface area contributed by atoms with Crippen molar-refractivity contribution in [2.75, 3.05) is 0 Å². The van der Waals surface area contributed by atoms with Gasteiger partial charge in [0.05, 0.1) is 5.71 Å². The average Bonchev–Trinajstić information content (AvgIpc) is 2.45. The fraction of sp³-hybridized carbons (Fsp3) is 0.231. The van der Waals surface area contributed by atoms with Crippen molar-refractivity contribution < 1.29 is 14.7 Å². The van der Waals surface area contributed by atoms with E-state index >= 15 is 0 Å². The summed E-state index contributed by atoms with van der Waals surface area (Å²) in [6.07, 6.45) is -0.0552. The predicted octanol–water partition coefficient (Wildman–Crippen LogP) is 1.47. The minimum Gasteiger partial charge on any atom is -0.480 e. The molecule has 0 aliphatic carbocycles. The Labute approximate surface area is 120 Å². The van der Waals surface area contributed by atoms with Crippen LogP contribution in [0.2, 0.25) is 0 Å². The molecule has 104 valence electrons. The number of aliphatic carboxylic acids is 1. The zero-order valence-corrected chi connectivity index (χ0v) is 11.6. The summed E-state index contributed by atoms with van der Waals surface area (Å²) in [5.41, 5.74) is 1.60. The number of rotatable bonds is 3. The molecule has 2 rings (SSSR count). The van der Waals surface area contributed by atoms with Crippen molar-refractivity contribution in [3.63, 3.8) is 0 Å². The van der Waals surface area contributed by atoms with Gasteiger partial charge in [-0.2, -0.15) is 5.10 Å². The van der Waals surface area contributed by atoms with Gasteiger partial charge in [-0.25, -0.2) is 0 Å². The molecule has 0 bridgehead atoms. The van der Waals surface area contributed by atoms with Gasteiger partial charge < -0.3 is 10.4 Å². The lowest BCUT2D eigenvalue weighted by atomic mass is 10.1. The Morgan fingerprint density at radius 1 is 1.40 bits per heavy atom. The number of carbonyl (C=O) groups is 2. The van der Waals surface area contributed by atoms with Crippen molar-refractivity contribution in [1.82, 2.24) is 5.32 Å². The maximum atomic E-state index is 11.4. The molecular weight excluding hydrogens is 278 g/mol. The van der Waals surface area contributed by atoms with Gasteiger partial charge >= 0.3 is 5.97 Å². The van der Waals surface area contributed by atoms with Crippen LogP contribution in [0.25, 0.3) is 0 Å². The van der Waals surface area contributed by atoms with E-state index in [0.29, 0.717) is 5.71 Å². The van der Waals surface area contributed by atoms with Crippen LogP contribution in [0.15, 0.2) is 40.5 Å². The molecule has 1 saturated heterocycles. The second-order valence-corrected chi connectivity index (χ2v) is 5.35. The van der Waals surface area contributed by atoms with E-state index in [2.05, 4.69) is 15.5 Å². The van der Waals surface area contributed by atoms with Gasteiger partial charge in [-0.3, -0.25) is 9.59 Å². The van der Waals surface area contributed by atoms with Gasteiger partial charge in [0.15, 0.2) is 5.17 Å². The molecule has 0 unspecified atom stereocenters. The number of carboxylic acids is 1. The summed E-state index contributed by atoms with van der Waals surface area (Å²) < 4.78 is 0. The SMILES string of the molecule is CC(=NN=C1NC(=O)C[C@H](C(=O)O)S1)c1ccccc1. The van der Waals surface area contributed by atoms with Crippen LogP contribution in [0.1, 0.15) is 18.9 Å². The largest absolute Gasteiger partial charge is 0.480 e. The van der Waals surface area contributed by atoms with E-state index in [9.17, 15) is 9.59 Å². The molecule has 1 aliphatic rings. The lowest BCUT2D eigenvalue weighted by molar-refractivity contribution is -0.138. The summed E-state index contributed by atoms with van der Waals surface area (Å²) in [5, 5.41) is 18.8. The van der Waals surface area contributed by atoms with Crippen molar-refractivity contribution in [3.8, 4) is 0 Å².